The van der Waals surface area contributed by atoms with Crippen molar-refractivity contribution in [1.82, 2.24) is 4.40 Å². The van der Waals surface area contributed by atoms with E-state index < -0.39 is 5.97 Å². The molecule has 0 aliphatic carbocycles. The summed E-state index contributed by atoms with van der Waals surface area (Å²) < 4.78 is 7.85. The van der Waals surface area contributed by atoms with Gasteiger partial charge in [-0.3, -0.25) is 4.79 Å². The maximum Gasteiger partial charge on any atom is 0.340 e. The zero-order valence-electron chi connectivity index (χ0n) is 12.5. The van der Waals surface area contributed by atoms with Crippen LogP contribution in [0, 0.1) is 0 Å². The number of aldehydes is 1. The molecule has 0 aliphatic heterocycles. The van der Waals surface area contributed by atoms with Crippen molar-refractivity contribution >= 4 is 33.7 Å². The third-order valence-electron chi connectivity index (χ3n) is 3.61. The summed E-state index contributed by atoms with van der Waals surface area (Å²) in [7, 11) is 0. The summed E-state index contributed by atoms with van der Waals surface area (Å²) in [5.74, 6) is -0.429. The van der Waals surface area contributed by atoms with Gasteiger partial charge in [0.2, 0.25) is 0 Å². The van der Waals surface area contributed by atoms with E-state index in [9.17, 15) is 9.59 Å². The molecule has 1 aromatic carbocycles. The number of carbonyl (C=O) groups excluding carboxylic acids is 2. The number of nitrogens with zero attached hydrogens (tertiary/aromatic N) is 1. The standard InChI is InChI=1S/C18H14BrNO3/c1-2-23-18(22)17-14-5-3-4-10-20(14)15(11-21)16(17)12-6-8-13(19)9-7-12/h3-11H,2H2,1H3. The largest absolute Gasteiger partial charge is 0.462 e. The molecule has 0 bridgehead atoms. The minimum atomic E-state index is -0.429. The fourth-order valence-corrected chi connectivity index (χ4v) is 2.93. The van der Waals surface area contributed by atoms with Crippen molar-refractivity contribution in [2.75, 3.05) is 6.61 Å². The van der Waals surface area contributed by atoms with Crippen molar-refractivity contribution in [2.24, 2.45) is 0 Å². The van der Waals surface area contributed by atoms with E-state index in [4.69, 9.17) is 4.74 Å². The molecular weight excluding hydrogens is 358 g/mol. The molecule has 0 N–H and O–H groups in total. The van der Waals surface area contributed by atoms with Crippen molar-refractivity contribution in [3.63, 3.8) is 0 Å². The van der Waals surface area contributed by atoms with Gasteiger partial charge in [-0.15, -0.1) is 0 Å². The Morgan fingerprint density at radius 1 is 1.22 bits per heavy atom. The van der Waals surface area contributed by atoms with Gasteiger partial charge in [0.05, 0.1) is 23.4 Å². The van der Waals surface area contributed by atoms with Crippen LogP contribution in [-0.4, -0.2) is 23.3 Å². The molecule has 3 rings (SSSR count). The molecule has 0 spiro atoms. The molecule has 116 valence electrons. The number of ether oxygens (including phenoxy) is 1. The predicted molar refractivity (Wildman–Crippen MR) is 91.9 cm³/mol. The lowest BCUT2D eigenvalue weighted by Crippen LogP contribution is -2.05. The highest BCUT2D eigenvalue weighted by molar-refractivity contribution is 9.10. The summed E-state index contributed by atoms with van der Waals surface area (Å²) in [4.78, 5) is 24.2. The summed E-state index contributed by atoms with van der Waals surface area (Å²) in [6, 6.07) is 12.9. The molecule has 0 saturated carbocycles. The van der Waals surface area contributed by atoms with Crippen LogP contribution in [0.1, 0.15) is 27.8 Å². The van der Waals surface area contributed by atoms with Crippen molar-refractivity contribution in [1.29, 1.82) is 0 Å². The minimum absolute atomic E-state index is 0.277. The fraction of sp³-hybridized carbons (Fsp3) is 0.111. The van der Waals surface area contributed by atoms with Gasteiger partial charge < -0.3 is 9.14 Å². The highest BCUT2D eigenvalue weighted by atomic mass is 79.9. The molecule has 0 unspecified atom stereocenters. The number of benzene rings is 1. The molecule has 3 aromatic rings. The quantitative estimate of drug-likeness (QED) is 0.505. The molecule has 2 aromatic heterocycles. The lowest BCUT2D eigenvalue weighted by Gasteiger charge is -2.06. The van der Waals surface area contributed by atoms with Crippen LogP contribution in [-0.2, 0) is 4.74 Å². The molecule has 2 heterocycles. The SMILES string of the molecule is CCOC(=O)c1c(-c2ccc(Br)cc2)c(C=O)n2ccccc12. The number of hydrogen-bond donors (Lipinski definition) is 0. The van der Waals surface area contributed by atoms with Crippen LogP contribution < -0.4 is 0 Å². The van der Waals surface area contributed by atoms with Crippen LogP contribution >= 0.6 is 15.9 Å². The highest BCUT2D eigenvalue weighted by Gasteiger charge is 2.24. The summed E-state index contributed by atoms with van der Waals surface area (Å²) >= 11 is 3.39. The van der Waals surface area contributed by atoms with Crippen molar-refractivity contribution in [3.05, 3.63) is 64.4 Å². The van der Waals surface area contributed by atoms with Gasteiger partial charge in [-0.1, -0.05) is 34.1 Å². The minimum Gasteiger partial charge on any atom is -0.462 e. The molecule has 0 radical (unpaired) electrons. The van der Waals surface area contributed by atoms with Gasteiger partial charge in [0.15, 0.2) is 6.29 Å². The van der Waals surface area contributed by atoms with Crippen molar-refractivity contribution < 1.29 is 14.3 Å². The molecule has 0 fully saturated rings. The van der Waals surface area contributed by atoms with E-state index in [2.05, 4.69) is 15.9 Å². The Kier molecular flexibility index (Phi) is 4.30. The van der Waals surface area contributed by atoms with Gasteiger partial charge >= 0.3 is 5.97 Å². The van der Waals surface area contributed by atoms with E-state index in [0.29, 0.717) is 22.3 Å². The van der Waals surface area contributed by atoms with E-state index in [1.165, 1.54) is 0 Å². The van der Waals surface area contributed by atoms with Gasteiger partial charge in [-0.2, -0.15) is 0 Å². The average Bonchev–Trinajstić information content (AvgIpc) is 2.90. The van der Waals surface area contributed by atoms with Crippen LogP contribution in [0.25, 0.3) is 16.6 Å². The Morgan fingerprint density at radius 2 is 1.96 bits per heavy atom. The first-order chi connectivity index (χ1) is 11.2. The second kappa shape index (κ2) is 6.38. The van der Waals surface area contributed by atoms with Crippen molar-refractivity contribution in [3.8, 4) is 11.1 Å². The summed E-state index contributed by atoms with van der Waals surface area (Å²) in [5.41, 5.74) is 2.90. The maximum atomic E-state index is 12.5. The lowest BCUT2D eigenvalue weighted by molar-refractivity contribution is 0.0529. The highest BCUT2D eigenvalue weighted by Crippen LogP contribution is 2.33. The first-order valence-electron chi connectivity index (χ1n) is 7.18. The summed E-state index contributed by atoms with van der Waals surface area (Å²) in [6.07, 6.45) is 2.54. The predicted octanol–water partition coefficient (Wildman–Crippen LogP) is 4.36. The van der Waals surface area contributed by atoms with Crippen molar-refractivity contribution in [2.45, 2.75) is 6.92 Å². The monoisotopic (exact) mass is 371 g/mol. The third-order valence-corrected chi connectivity index (χ3v) is 4.13. The maximum absolute atomic E-state index is 12.5. The van der Waals surface area contributed by atoms with Crippen LogP contribution in [0.5, 0.6) is 0 Å². The molecule has 0 aliphatic rings. The first-order valence-corrected chi connectivity index (χ1v) is 7.98. The number of pyridine rings is 1. The molecule has 0 atom stereocenters. The fourth-order valence-electron chi connectivity index (χ4n) is 2.67. The van der Waals surface area contributed by atoms with Gasteiger partial charge in [-0.05, 0) is 36.8 Å². The number of halogens is 1. The van der Waals surface area contributed by atoms with E-state index in [1.54, 1.807) is 17.5 Å². The number of esters is 1. The van der Waals surface area contributed by atoms with Gasteiger partial charge in [0.25, 0.3) is 0 Å². The number of hydrogen-bond acceptors (Lipinski definition) is 3. The Bertz CT molecular complexity index is 881. The Labute approximate surface area is 141 Å². The average molecular weight is 372 g/mol. The number of rotatable bonds is 4. The molecule has 4 nitrogen and oxygen atoms in total. The van der Waals surface area contributed by atoms with E-state index in [1.807, 2.05) is 42.5 Å². The third kappa shape index (κ3) is 2.68. The zero-order valence-corrected chi connectivity index (χ0v) is 14.0. The molecule has 23 heavy (non-hydrogen) atoms. The molecular formula is C18H14BrNO3. The Hall–Kier alpha value is -2.40. The Morgan fingerprint density at radius 3 is 2.61 bits per heavy atom. The summed E-state index contributed by atoms with van der Waals surface area (Å²) in [6.45, 7) is 2.04. The first kappa shape index (κ1) is 15.5. The van der Waals surface area contributed by atoms with E-state index in [-0.39, 0.29) is 6.61 Å². The van der Waals surface area contributed by atoms with Gasteiger partial charge in [-0.25, -0.2) is 4.79 Å². The summed E-state index contributed by atoms with van der Waals surface area (Å²) in [5, 5.41) is 0. The number of fused-ring (bicyclic) bond motifs is 1. The van der Waals surface area contributed by atoms with E-state index >= 15 is 0 Å². The van der Waals surface area contributed by atoms with Crippen LogP contribution in [0.4, 0.5) is 0 Å². The topological polar surface area (TPSA) is 47.8 Å². The molecule has 0 amide bonds. The second-order valence-corrected chi connectivity index (χ2v) is 5.85. The normalized spacial score (nSPS) is 10.7. The zero-order chi connectivity index (χ0) is 16.4. The van der Waals surface area contributed by atoms with Crippen LogP contribution in [0.3, 0.4) is 0 Å². The number of aromatic nitrogens is 1. The van der Waals surface area contributed by atoms with E-state index in [0.717, 1.165) is 16.3 Å². The molecule has 0 saturated heterocycles. The van der Waals surface area contributed by atoms with Crippen LogP contribution in [0.15, 0.2) is 53.1 Å². The lowest BCUT2D eigenvalue weighted by atomic mass is 10.0. The second-order valence-electron chi connectivity index (χ2n) is 4.94. The van der Waals surface area contributed by atoms with Gasteiger partial charge in [0, 0.05) is 16.2 Å². The number of carbonyl (C=O) groups is 2. The Balaban J connectivity index is 2.37. The van der Waals surface area contributed by atoms with Crippen LogP contribution in [0.2, 0.25) is 0 Å². The molecule has 5 heteroatoms. The van der Waals surface area contributed by atoms with Gasteiger partial charge in [0.1, 0.15) is 0 Å². The smallest absolute Gasteiger partial charge is 0.340 e.